The second-order valence-electron chi connectivity index (χ2n) is 8.16. The minimum atomic E-state index is -3.56. The Bertz CT molecular complexity index is 956. The number of sulfonamides is 1. The standard InChI is InChI=1S/C21H28N2O3S/c1-14-7-9-17(10-8-14)27(25,26)23-12-18-15(2)11-21(4,20(24)22(5)6)16(3)19(18)13-23/h7-10H,11-13H2,1-6H3/t21-/m0/s1. The molecular weight excluding hydrogens is 360 g/mol. The second kappa shape index (κ2) is 6.60. The van der Waals surface area contributed by atoms with Crippen molar-refractivity contribution in [1.82, 2.24) is 9.21 Å². The summed E-state index contributed by atoms with van der Waals surface area (Å²) in [6.45, 7) is 8.60. The molecule has 1 aromatic carbocycles. The Morgan fingerprint density at radius 3 is 2.15 bits per heavy atom. The van der Waals surface area contributed by atoms with Crippen LogP contribution < -0.4 is 0 Å². The van der Waals surface area contributed by atoms with Crippen LogP contribution in [0.25, 0.3) is 0 Å². The van der Waals surface area contributed by atoms with Crippen molar-refractivity contribution in [2.24, 2.45) is 5.41 Å². The van der Waals surface area contributed by atoms with Crippen LogP contribution in [0.1, 0.15) is 32.8 Å². The lowest BCUT2D eigenvalue weighted by atomic mass is 9.69. The predicted octanol–water partition coefficient (Wildman–Crippen LogP) is 3.13. The fraction of sp³-hybridized carbons (Fsp3) is 0.476. The number of nitrogens with zero attached hydrogens (tertiary/aromatic N) is 2. The van der Waals surface area contributed by atoms with E-state index in [2.05, 4.69) is 0 Å². The van der Waals surface area contributed by atoms with Crippen molar-refractivity contribution in [1.29, 1.82) is 0 Å². The Morgan fingerprint density at radius 1 is 1.04 bits per heavy atom. The van der Waals surface area contributed by atoms with Gasteiger partial charge in [-0.15, -0.1) is 0 Å². The maximum atomic E-state index is 13.1. The summed E-state index contributed by atoms with van der Waals surface area (Å²) in [5, 5.41) is 0. The molecule has 1 atom stereocenters. The molecule has 0 saturated carbocycles. The minimum Gasteiger partial charge on any atom is -0.348 e. The van der Waals surface area contributed by atoms with Gasteiger partial charge < -0.3 is 4.90 Å². The van der Waals surface area contributed by atoms with Crippen LogP contribution in [0, 0.1) is 12.3 Å². The monoisotopic (exact) mass is 388 g/mol. The Balaban J connectivity index is 2.02. The molecule has 146 valence electrons. The zero-order valence-electron chi connectivity index (χ0n) is 17.0. The average Bonchev–Trinajstić information content (AvgIpc) is 3.06. The number of fused-ring (bicyclic) bond motifs is 1. The molecule has 0 spiro atoms. The highest BCUT2D eigenvalue weighted by Crippen LogP contribution is 2.47. The number of hydrogen-bond acceptors (Lipinski definition) is 3. The van der Waals surface area contributed by atoms with Crippen molar-refractivity contribution in [3.05, 3.63) is 52.1 Å². The molecule has 5 nitrogen and oxygen atoms in total. The molecule has 1 fully saturated rings. The summed E-state index contributed by atoms with van der Waals surface area (Å²) in [5.41, 5.74) is 4.59. The lowest BCUT2D eigenvalue weighted by Gasteiger charge is -2.37. The second-order valence-corrected chi connectivity index (χ2v) is 10.1. The first-order valence-electron chi connectivity index (χ1n) is 9.16. The summed E-state index contributed by atoms with van der Waals surface area (Å²) < 4.78 is 27.8. The third-order valence-corrected chi connectivity index (χ3v) is 7.79. The van der Waals surface area contributed by atoms with Gasteiger partial charge in [0.1, 0.15) is 0 Å². The number of rotatable bonds is 3. The van der Waals surface area contributed by atoms with E-state index in [0.717, 1.165) is 27.9 Å². The largest absolute Gasteiger partial charge is 0.348 e. The van der Waals surface area contributed by atoms with E-state index in [9.17, 15) is 13.2 Å². The highest BCUT2D eigenvalue weighted by Gasteiger charge is 2.45. The van der Waals surface area contributed by atoms with E-state index < -0.39 is 15.4 Å². The molecule has 2 aliphatic rings. The molecule has 0 bridgehead atoms. The van der Waals surface area contributed by atoms with Gasteiger partial charge in [0, 0.05) is 27.2 Å². The summed E-state index contributed by atoms with van der Waals surface area (Å²) in [6.07, 6.45) is 0.632. The van der Waals surface area contributed by atoms with Crippen LogP contribution >= 0.6 is 0 Å². The maximum absolute atomic E-state index is 13.1. The van der Waals surface area contributed by atoms with E-state index in [0.29, 0.717) is 24.4 Å². The zero-order valence-corrected chi connectivity index (χ0v) is 17.8. The Labute approximate surface area is 162 Å². The van der Waals surface area contributed by atoms with Gasteiger partial charge in [-0.25, -0.2) is 8.42 Å². The smallest absolute Gasteiger partial charge is 0.243 e. The summed E-state index contributed by atoms with van der Waals surface area (Å²) in [5.74, 6) is 0.0609. The first-order valence-corrected chi connectivity index (χ1v) is 10.6. The summed E-state index contributed by atoms with van der Waals surface area (Å²) >= 11 is 0. The molecule has 1 aliphatic carbocycles. The van der Waals surface area contributed by atoms with Crippen molar-refractivity contribution in [3.8, 4) is 0 Å². The molecule has 1 aliphatic heterocycles. The van der Waals surface area contributed by atoms with Gasteiger partial charge in [0.15, 0.2) is 0 Å². The third-order valence-electron chi connectivity index (χ3n) is 5.98. The maximum Gasteiger partial charge on any atom is 0.243 e. The number of amides is 1. The lowest BCUT2D eigenvalue weighted by Crippen LogP contribution is -2.41. The number of allylic oxidation sites excluding steroid dienone is 1. The first-order chi connectivity index (χ1) is 12.5. The summed E-state index contributed by atoms with van der Waals surface area (Å²) in [6, 6.07) is 6.96. The molecule has 0 N–H and O–H groups in total. The lowest BCUT2D eigenvalue weighted by molar-refractivity contribution is -0.136. The predicted molar refractivity (Wildman–Crippen MR) is 107 cm³/mol. The van der Waals surface area contributed by atoms with E-state index in [-0.39, 0.29) is 5.91 Å². The molecule has 0 radical (unpaired) electrons. The molecule has 0 unspecified atom stereocenters. The highest BCUT2D eigenvalue weighted by molar-refractivity contribution is 7.89. The van der Waals surface area contributed by atoms with Crippen LogP contribution in [0.3, 0.4) is 0 Å². The molecule has 0 aromatic heterocycles. The van der Waals surface area contributed by atoms with Crippen molar-refractivity contribution >= 4 is 15.9 Å². The molecule has 27 heavy (non-hydrogen) atoms. The normalized spacial score (nSPS) is 23.6. The molecule has 1 amide bonds. The van der Waals surface area contributed by atoms with Crippen LogP contribution in [0.2, 0.25) is 0 Å². The fourth-order valence-electron chi connectivity index (χ4n) is 4.20. The van der Waals surface area contributed by atoms with E-state index in [1.165, 1.54) is 4.31 Å². The van der Waals surface area contributed by atoms with Gasteiger partial charge in [-0.3, -0.25) is 4.79 Å². The molecule has 1 saturated heterocycles. The molecule has 3 rings (SSSR count). The van der Waals surface area contributed by atoms with Crippen LogP contribution in [0.15, 0.2) is 51.5 Å². The van der Waals surface area contributed by atoms with Gasteiger partial charge in [-0.2, -0.15) is 4.31 Å². The highest BCUT2D eigenvalue weighted by atomic mass is 32.2. The molecule has 1 heterocycles. The van der Waals surface area contributed by atoms with Crippen molar-refractivity contribution in [3.63, 3.8) is 0 Å². The van der Waals surface area contributed by atoms with E-state index in [1.807, 2.05) is 39.8 Å². The molecule has 6 heteroatoms. The Hall–Kier alpha value is -1.92. The van der Waals surface area contributed by atoms with Crippen LogP contribution in [0.4, 0.5) is 0 Å². The van der Waals surface area contributed by atoms with Crippen LogP contribution in [0.5, 0.6) is 0 Å². The quantitative estimate of drug-likeness (QED) is 0.799. The summed E-state index contributed by atoms with van der Waals surface area (Å²) in [7, 11) is -0.0312. The van der Waals surface area contributed by atoms with Gasteiger partial charge >= 0.3 is 0 Å². The van der Waals surface area contributed by atoms with Gasteiger partial charge in [0.05, 0.1) is 10.3 Å². The van der Waals surface area contributed by atoms with Crippen molar-refractivity contribution in [2.75, 3.05) is 27.2 Å². The molecule has 1 aromatic rings. The van der Waals surface area contributed by atoms with Crippen LogP contribution in [-0.4, -0.2) is 50.7 Å². The SMILES string of the molecule is CC1=C2CN(S(=O)(=O)c3ccc(C)cc3)CC2=C(C)[C@@](C)(C(=O)N(C)C)C1. The van der Waals surface area contributed by atoms with E-state index >= 15 is 0 Å². The van der Waals surface area contributed by atoms with Gasteiger partial charge in [-0.05, 0) is 57.4 Å². The van der Waals surface area contributed by atoms with Crippen molar-refractivity contribution in [2.45, 2.75) is 39.0 Å². The summed E-state index contributed by atoms with van der Waals surface area (Å²) in [4.78, 5) is 14.8. The Kier molecular flexibility index (Phi) is 4.85. The number of aryl methyl sites for hydroxylation is 1. The average molecular weight is 389 g/mol. The van der Waals surface area contributed by atoms with Crippen molar-refractivity contribution < 1.29 is 13.2 Å². The first kappa shape index (κ1) is 19.8. The van der Waals surface area contributed by atoms with Crippen LogP contribution in [-0.2, 0) is 14.8 Å². The number of hydrogen-bond donors (Lipinski definition) is 0. The van der Waals surface area contributed by atoms with Gasteiger partial charge in [0.2, 0.25) is 15.9 Å². The van der Waals surface area contributed by atoms with E-state index in [1.54, 1.807) is 31.1 Å². The fourth-order valence-corrected chi connectivity index (χ4v) is 5.57. The minimum absolute atomic E-state index is 0.0609. The number of benzene rings is 1. The topological polar surface area (TPSA) is 57.7 Å². The molecular formula is C21H28N2O3S. The van der Waals surface area contributed by atoms with Gasteiger partial charge in [0.25, 0.3) is 0 Å². The Morgan fingerprint density at radius 2 is 1.59 bits per heavy atom. The van der Waals surface area contributed by atoms with Gasteiger partial charge in [-0.1, -0.05) is 28.8 Å². The number of carbonyl (C=O) groups excluding carboxylic acids is 1. The zero-order chi connectivity index (χ0) is 20.1. The third kappa shape index (κ3) is 3.15. The van der Waals surface area contributed by atoms with E-state index in [4.69, 9.17) is 0 Å². The number of carbonyl (C=O) groups is 1.